The van der Waals surface area contributed by atoms with Gasteiger partial charge in [-0.05, 0) is 25.2 Å². The van der Waals surface area contributed by atoms with Gasteiger partial charge in [0.2, 0.25) is 10.0 Å². The SMILES string of the molecule is COC[C@@H]1C[C@@H](OC)CN1S(=O)(=O)CC1CCCC1. The van der Waals surface area contributed by atoms with Crippen molar-refractivity contribution in [2.45, 2.75) is 44.2 Å². The lowest BCUT2D eigenvalue weighted by Crippen LogP contribution is -2.41. The zero-order chi connectivity index (χ0) is 13.9. The van der Waals surface area contributed by atoms with Crippen molar-refractivity contribution in [1.29, 1.82) is 0 Å². The first-order chi connectivity index (χ1) is 9.06. The maximum absolute atomic E-state index is 12.6. The molecule has 2 aliphatic rings. The summed E-state index contributed by atoms with van der Waals surface area (Å²) in [4.78, 5) is 0. The van der Waals surface area contributed by atoms with Crippen LogP contribution in [-0.4, -0.2) is 58.0 Å². The second-order valence-electron chi connectivity index (χ2n) is 5.70. The van der Waals surface area contributed by atoms with Gasteiger partial charge in [0.25, 0.3) is 0 Å². The van der Waals surface area contributed by atoms with Crippen molar-refractivity contribution in [3.8, 4) is 0 Å². The summed E-state index contributed by atoms with van der Waals surface area (Å²) in [6.07, 6.45) is 5.17. The van der Waals surface area contributed by atoms with Crippen LogP contribution in [0.25, 0.3) is 0 Å². The summed E-state index contributed by atoms with van der Waals surface area (Å²) in [5.74, 6) is 0.638. The van der Waals surface area contributed by atoms with Crippen LogP contribution in [-0.2, 0) is 19.5 Å². The highest BCUT2D eigenvalue weighted by Crippen LogP contribution is 2.30. The van der Waals surface area contributed by atoms with E-state index in [0.29, 0.717) is 24.8 Å². The van der Waals surface area contributed by atoms with Gasteiger partial charge < -0.3 is 9.47 Å². The number of methoxy groups -OCH3 is 2. The van der Waals surface area contributed by atoms with Crippen molar-refractivity contribution in [3.63, 3.8) is 0 Å². The molecule has 6 heteroatoms. The largest absolute Gasteiger partial charge is 0.383 e. The van der Waals surface area contributed by atoms with E-state index in [1.807, 2.05) is 0 Å². The van der Waals surface area contributed by atoms with Gasteiger partial charge in [-0.3, -0.25) is 0 Å². The van der Waals surface area contributed by atoms with Crippen LogP contribution < -0.4 is 0 Å². The summed E-state index contributed by atoms with van der Waals surface area (Å²) < 4.78 is 37.2. The van der Waals surface area contributed by atoms with Gasteiger partial charge >= 0.3 is 0 Å². The molecule has 0 aromatic rings. The molecule has 1 saturated carbocycles. The number of ether oxygens (including phenoxy) is 2. The Hall–Kier alpha value is -0.170. The van der Waals surface area contributed by atoms with E-state index < -0.39 is 10.0 Å². The molecule has 5 nitrogen and oxygen atoms in total. The predicted molar refractivity (Wildman–Crippen MR) is 73.5 cm³/mol. The van der Waals surface area contributed by atoms with E-state index in [-0.39, 0.29) is 12.1 Å². The van der Waals surface area contributed by atoms with Crippen LogP contribution in [0.3, 0.4) is 0 Å². The number of hydrogen-bond acceptors (Lipinski definition) is 4. The predicted octanol–water partition coefficient (Wildman–Crippen LogP) is 1.24. The smallest absolute Gasteiger partial charge is 0.214 e. The lowest BCUT2D eigenvalue weighted by Gasteiger charge is -2.24. The molecular weight excluding hydrogens is 266 g/mol. The third-order valence-corrected chi connectivity index (χ3v) is 6.35. The van der Waals surface area contributed by atoms with Crippen LogP contribution in [0.4, 0.5) is 0 Å². The quantitative estimate of drug-likeness (QED) is 0.739. The Bertz CT molecular complexity index is 378. The molecule has 0 unspecified atom stereocenters. The molecule has 0 spiro atoms. The molecule has 0 aromatic heterocycles. The molecule has 2 fully saturated rings. The molecule has 0 radical (unpaired) electrons. The highest BCUT2D eigenvalue weighted by molar-refractivity contribution is 7.89. The van der Waals surface area contributed by atoms with E-state index in [1.165, 1.54) is 12.8 Å². The minimum atomic E-state index is -3.18. The van der Waals surface area contributed by atoms with Crippen LogP contribution in [0.2, 0.25) is 0 Å². The molecule has 1 aliphatic heterocycles. The number of nitrogens with zero attached hydrogens (tertiary/aromatic N) is 1. The van der Waals surface area contributed by atoms with Gasteiger partial charge in [-0.15, -0.1) is 0 Å². The van der Waals surface area contributed by atoms with Crippen LogP contribution in [0.5, 0.6) is 0 Å². The van der Waals surface area contributed by atoms with Crippen molar-refractivity contribution in [3.05, 3.63) is 0 Å². The number of rotatable bonds is 6. The Morgan fingerprint density at radius 1 is 1.21 bits per heavy atom. The van der Waals surface area contributed by atoms with Crippen molar-refractivity contribution in [2.24, 2.45) is 5.92 Å². The number of hydrogen-bond donors (Lipinski definition) is 0. The fourth-order valence-electron chi connectivity index (χ4n) is 3.27. The second-order valence-corrected chi connectivity index (χ2v) is 7.67. The highest BCUT2D eigenvalue weighted by Gasteiger charge is 2.40. The van der Waals surface area contributed by atoms with Gasteiger partial charge in [0.15, 0.2) is 0 Å². The van der Waals surface area contributed by atoms with Crippen molar-refractivity contribution in [2.75, 3.05) is 33.1 Å². The first-order valence-corrected chi connectivity index (χ1v) is 8.69. The third kappa shape index (κ3) is 3.68. The maximum atomic E-state index is 12.6. The topological polar surface area (TPSA) is 55.8 Å². The average Bonchev–Trinajstić information content (AvgIpc) is 2.98. The lowest BCUT2D eigenvalue weighted by molar-refractivity contribution is 0.110. The van der Waals surface area contributed by atoms with E-state index in [9.17, 15) is 8.42 Å². The normalized spacial score (nSPS) is 30.2. The molecule has 0 N–H and O–H groups in total. The van der Waals surface area contributed by atoms with Crippen molar-refractivity contribution in [1.82, 2.24) is 4.31 Å². The standard InChI is InChI=1S/C13H25NO4S/c1-17-9-12-7-13(18-2)8-14(12)19(15,16)10-11-5-3-4-6-11/h11-13H,3-10H2,1-2H3/t12-,13+/m0/s1. The van der Waals surface area contributed by atoms with Gasteiger partial charge in [0.05, 0.1) is 24.5 Å². The first kappa shape index (κ1) is 15.2. The Kier molecular flexibility index (Phi) is 5.22. The maximum Gasteiger partial charge on any atom is 0.214 e. The molecule has 19 heavy (non-hydrogen) atoms. The summed E-state index contributed by atoms with van der Waals surface area (Å²) in [7, 11) is 0.0690. The molecule has 2 atom stereocenters. The number of sulfonamides is 1. The van der Waals surface area contributed by atoms with Crippen LogP contribution in [0, 0.1) is 5.92 Å². The minimum Gasteiger partial charge on any atom is -0.383 e. The van der Waals surface area contributed by atoms with Crippen molar-refractivity contribution < 1.29 is 17.9 Å². The summed E-state index contributed by atoms with van der Waals surface area (Å²) >= 11 is 0. The van der Waals surface area contributed by atoms with Gasteiger partial charge in [0.1, 0.15) is 0 Å². The minimum absolute atomic E-state index is 0.00139. The average molecular weight is 291 g/mol. The van der Waals surface area contributed by atoms with E-state index in [0.717, 1.165) is 19.3 Å². The Balaban J connectivity index is 2.03. The molecule has 0 amide bonds. The summed E-state index contributed by atoms with van der Waals surface area (Å²) in [6.45, 7) is 0.920. The monoisotopic (exact) mass is 291 g/mol. The molecule has 0 aromatic carbocycles. The molecule has 0 bridgehead atoms. The van der Waals surface area contributed by atoms with E-state index in [1.54, 1.807) is 18.5 Å². The van der Waals surface area contributed by atoms with Crippen LogP contribution in [0.1, 0.15) is 32.1 Å². The van der Waals surface area contributed by atoms with Crippen molar-refractivity contribution >= 4 is 10.0 Å². The van der Waals surface area contributed by atoms with Crippen LogP contribution >= 0.6 is 0 Å². The van der Waals surface area contributed by atoms with E-state index in [4.69, 9.17) is 9.47 Å². The van der Waals surface area contributed by atoms with Gasteiger partial charge in [-0.1, -0.05) is 12.8 Å². The van der Waals surface area contributed by atoms with E-state index >= 15 is 0 Å². The molecule has 1 aliphatic carbocycles. The first-order valence-electron chi connectivity index (χ1n) is 7.08. The Labute approximate surface area is 116 Å². The lowest BCUT2D eigenvalue weighted by atomic mass is 10.1. The Morgan fingerprint density at radius 3 is 2.47 bits per heavy atom. The molecule has 1 saturated heterocycles. The molecule has 1 heterocycles. The van der Waals surface area contributed by atoms with Gasteiger partial charge in [0, 0.05) is 20.8 Å². The third-order valence-electron chi connectivity index (χ3n) is 4.30. The molecule has 2 rings (SSSR count). The summed E-state index contributed by atoms with van der Waals surface area (Å²) in [5, 5.41) is 0. The van der Waals surface area contributed by atoms with E-state index in [2.05, 4.69) is 0 Å². The fraction of sp³-hybridized carbons (Fsp3) is 1.00. The Morgan fingerprint density at radius 2 is 1.89 bits per heavy atom. The zero-order valence-corrected chi connectivity index (χ0v) is 12.7. The fourth-order valence-corrected chi connectivity index (χ4v) is 5.39. The highest BCUT2D eigenvalue weighted by atomic mass is 32.2. The zero-order valence-electron chi connectivity index (χ0n) is 11.9. The van der Waals surface area contributed by atoms with Crippen LogP contribution in [0.15, 0.2) is 0 Å². The molecular formula is C13H25NO4S. The summed E-state index contributed by atoms with van der Waals surface area (Å²) in [6, 6.07) is -0.0682. The summed E-state index contributed by atoms with van der Waals surface area (Å²) in [5.41, 5.74) is 0. The second kappa shape index (κ2) is 6.52. The van der Waals surface area contributed by atoms with Gasteiger partial charge in [-0.2, -0.15) is 4.31 Å². The van der Waals surface area contributed by atoms with Gasteiger partial charge in [-0.25, -0.2) is 8.42 Å². The molecule has 112 valence electrons.